The molecule has 2 heterocycles. The first kappa shape index (κ1) is 12.2. The number of carboxylic acids is 1. The molecule has 3 atom stereocenters. The van der Waals surface area contributed by atoms with Crippen molar-refractivity contribution in [1.82, 2.24) is 4.90 Å². The Balaban J connectivity index is 1.85. The van der Waals surface area contributed by atoms with Gasteiger partial charge in [-0.15, -0.1) is 0 Å². The Kier molecular flexibility index (Phi) is 4.14. The van der Waals surface area contributed by atoms with Crippen LogP contribution in [-0.2, 0) is 4.79 Å². The van der Waals surface area contributed by atoms with Crippen LogP contribution in [0.2, 0.25) is 0 Å². The second-order valence-corrected chi connectivity index (χ2v) is 6.52. The predicted octanol–water partition coefficient (Wildman–Crippen LogP) is 2.07. The lowest BCUT2D eigenvalue weighted by Crippen LogP contribution is -2.41. The van der Waals surface area contributed by atoms with Gasteiger partial charge in [-0.25, -0.2) is 0 Å². The van der Waals surface area contributed by atoms with Crippen LogP contribution < -0.4 is 0 Å². The highest BCUT2D eigenvalue weighted by Crippen LogP contribution is 2.32. The van der Waals surface area contributed by atoms with Gasteiger partial charge in [0.2, 0.25) is 0 Å². The van der Waals surface area contributed by atoms with Gasteiger partial charge in [-0.05, 0) is 37.5 Å². The zero-order valence-corrected chi connectivity index (χ0v) is 10.7. The Morgan fingerprint density at radius 2 is 2.31 bits per heavy atom. The average molecular weight is 243 g/mol. The van der Waals surface area contributed by atoms with Crippen molar-refractivity contribution >= 4 is 17.7 Å². The number of hydrogen-bond acceptors (Lipinski definition) is 3. The predicted molar refractivity (Wildman–Crippen MR) is 66.9 cm³/mol. The van der Waals surface area contributed by atoms with Crippen LogP contribution in [0.1, 0.15) is 32.6 Å². The quantitative estimate of drug-likeness (QED) is 0.824. The molecule has 0 bridgehead atoms. The van der Waals surface area contributed by atoms with E-state index in [2.05, 4.69) is 23.6 Å². The third-order valence-corrected chi connectivity index (χ3v) is 5.18. The van der Waals surface area contributed by atoms with Gasteiger partial charge in [-0.3, -0.25) is 9.69 Å². The standard InChI is InChI=1S/C12H21NO2S/c1-9-11(3-2-6-16-9)13-5-4-10(8-13)7-12(14)15/h9-11H,2-8H2,1H3,(H,14,15). The Hall–Kier alpha value is -0.220. The van der Waals surface area contributed by atoms with Crippen molar-refractivity contribution in [2.75, 3.05) is 18.8 Å². The first-order chi connectivity index (χ1) is 7.66. The molecule has 0 aromatic heterocycles. The topological polar surface area (TPSA) is 40.5 Å². The SMILES string of the molecule is CC1SCCCC1N1CCC(CC(=O)O)C1. The molecule has 16 heavy (non-hydrogen) atoms. The maximum absolute atomic E-state index is 10.7. The Labute approximate surface area is 102 Å². The van der Waals surface area contributed by atoms with Gasteiger partial charge >= 0.3 is 5.97 Å². The molecule has 2 aliphatic rings. The lowest BCUT2D eigenvalue weighted by Gasteiger charge is -2.35. The van der Waals surface area contributed by atoms with E-state index in [1.807, 2.05) is 0 Å². The number of nitrogens with zero attached hydrogens (tertiary/aromatic N) is 1. The highest BCUT2D eigenvalue weighted by molar-refractivity contribution is 7.99. The lowest BCUT2D eigenvalue weighted by molar-refractivity contribution is -0.138. The summed E-state index contributed by atoms with van der Waals surface area (Å²) in [4.78, 5) is 13.2. The second kappa shape index (κ2) is 5.41. The zero-order valence-electron chi connectivity index (χ0n) is 9.89. The number of rotatable bonds is 3. The molecule has 0 saturated carbocycles. The van der Waals surface area contributed by atoms with Crippen molar-refractivity contribution in [3.8, 4) is 0 Å². The van der Waals surface area contributed by atoms with Gasteiger partial charge in [-0.1, -0.05) is 6.92 Å². The molecule has 2 aliphatic heterocycles. The molecule has 92 valence electrons. The minimum Gasteiger partial charge on any atom is -0.481 e. The fraction of sp³-hybridized carbons (Fsp3) is 0.917. The fourth-order valence-corrected chi connectivity index (χ4v) is 4.20. The third kappa shape index (κ3) is 2.92. The monoisotopic (exact) mass is 243 g/mol. The minimum atomic E-state index is -0.641. The van der Waals surface area contributed by atoms with Gasteiger partial charge in [0, 0.05) is 24.3 Å². The summed E-state index contributed by atoms with van der Waals surface area (Å²) in [6, 6.07) is 0.692. The fourth-order valence-electron chi connectivity index (χ4n) is 2.96. The van der Waals surface area contributed by atoms with Crippen LogP contribution in [0.3, 0.4) is 0 Å². The number of hydrogen-bond donors (Lipinski definition) is 1. The van der Waals surface area contributed by atoms with Crippen LogP contribution in [0.15, 0.2) is 0 Å². The zero-order chi connectivity index (χ0) is 11.5. The molecule has 1 N–H and O–H groups in total. The molecule has 2 saturated heterocycles. The molecule has 0 aromatic rings. The van der Waals surface area contributed by atoms with E-state index in [1.54, 1.807) is 0 Å². The summed E-state index contributed by atoms with van der Waals surface area (Å²) in [6.07, 6.45) is 4.04. The van der Waals surface area contributed by atoms with E-state index in [1.165, 1.54) is 18.6 Å². The summed E-state index contributed by atoms with van der Waals surface area (Å²) < 4.78 is 0. The van der Waals surface area contributed by atoms with E-state index >= 15 is 0 Å². The molecule has 0 spiro atoms. The van der Waals surface area contributed by atoms with Gasteiger partial charge in [-0.2, -0.15) is 11.8 Å². The number of aliphatic carboxylic acids is 1. The number of thioether (sulfide) groups is 1. The van der Waals surface area contributed by atoms with Crippen molar-refractivity contribution < 1.29 is 9.90 Å². The molecular formula is C12H21NO2S. The normalized spacial score (nSPS) is 36.4. The molecule has 4 heteroatoms. The molecule has 3 unspecified atom stereocenters. The van der Waals surface area contributed by atoms with E-state index in [9.17, 15) is 4.79 Å². The van der Waals surface area contributed by atoms with Gasteiger partial charge in [0.1, 0.15) is 0 Å². The van der Waals surface area contributed by atoms with Crippen LogP contribution in [0.5, 0.6) is 0 Å². The Bertz CT molecular complexity index is 259. The van der Waals surface area contributed by atoms with Gasteiger partial charge < -0.3 is 5.11 Å². The molecule has 3 nitrogen and oxygen atoms in total. The third-order valence-electron chi connectivity index (χ3n) is 3.82. The maximum atomic E-state index is 10.7. The molecule has 0 aromatic carbocycles. The smallest absolute Gasteiger partial charge is 0.303 e. The highest BCUT2D eigenvalue weighted by atomic mass is 32.2. The van der Waals surface area contributed by atoms with E-state index in [0.717, 1.165) is 24.8 Å². The van der Waals surface area contributed by atoms with E-state index in [4.69, 9.17) is 5.11 Å². The average Bonchev–Trinajstić information content (AvgIpc) is 2.66. The van der Waals surface area contributed by atoms with Gasteiger partial charge in [0.05, 0.1) is 0 Å². The minimum absolute atomic E-state index is 0.352. The maximum Gasteiger partial charge on any atom is 0.303 e. The van der Waals surface area contributed by atoms with Crippen molar-refractivity contribution in [1.29, 1.82) is 0 Å². The summed E-state index contributed by atoms with van der Waals surface area (Å²) in [5, 5.41) is 9.52. The van der Waals surface area contributed by atoms with Crippen LogP contribution >= 0.6 is 11.8 Å². The van der Waals surface area contributed by atoms with Crippen LogP contribution in [0, 0.1) is 5.92 Å². The first-order valence-corrected chi connectivity index (χ1v) is 7.29. The number of likely N-dealkylation sites (tertiary alicyclic amines) is 1. The van der Waals surface area contributed by atoms with Crippen LogP contribution in [0.25, 0.3) is 0 Å². The summed E-state index contributed by atoms with van der Waals surface area (Å²) in [7, 11) is 0. The molecular weight excluding hydrogens is 222 g/mol. The largest absolute Gasteiger partial charge is 0.481 e. The summed E-state index contributed by atoms with van der Waals surface area (Å²) >= 11 is 2.07. The van der Waals surface area contributed by atoms with Gasteiger partial charge in [0.15, 0.2) is 0 Å². The van der Waals surface area contributed by atoms with Crippen molar-refractivity contribution in [3.05, 3.63) is 0 Å². The van der Waals surface area contributed by atoms with Crippen LogP contribution in [0.4, 0.5) is 0 Å². The number of carboxylic acid groups (broad SMARTS) is 1. The second-order valence-electron chi connectivity index (χ2n) is 5.03. The molecule has 2 rings (SSSR count). The van der Waals surface area contributed by atoms with E-state index in [0.29, 0.717) is 18.4 Å². The summed E-state index contributed by atoms with van der Waals surface area (Å²) in [6.45, 7) is 4.42. The van der Waals surface area contributed by atoms with Crippen molar-refractivity contribution in [2.45, 2.75) is 43.9 Å². The molecule has 0 radical (unpaired) electrons. The first-order valence-electron chi connectivity index (χ1n) is 6.24. The van der Waals surface area contributed by atoms with Gasteiger partial charge in [0.25, 0.3) is 0 Å². The highest BCUT2D eigenvalue weighted by Gasteiger charge is 2.33. The summed E-state index contributed by atoms with van der Waals surface area (Å²) in [5.41, 5.74) is 0. The Morgan fingerprint density at radius 3 is 3.00 bits per heavy atom. The lowest BCUT2D eigenvalue weighted by atomic mass is 10.0. The number of carbonyl (C=O) groups is 1. The molecule has 0 amide bonds. The summed E-state index contributed by atoms with van der Waals surface area (Å²) in [5.74, 6) is 1.04. The Morgan fingerprint density at radius 1 is 1.50 bits per heavy atom. The van der Waals surface area contributed by atoms with Crippen molar-refractivity contribution in [3.63, 3.8) is 0 Å². The van der Waals surface area contributed by atoms with E-state index < -0.39 is 5.97 Å². The molecule has 0 aliphatic carbocycles. The van der Waals surface area contributed by atoms with E-state index in [-0.39, 0.29) is 0 Å². The van der Waals surface area contributed by atoms with Crippen molar-refractivity contribution in [2.24, 2.45) is 5.92 Å². The van der Waals surface area contributed by atoms with Crippen LogP contribution in [-0.4, -0.2) is 46.1 Å². The molecule has 2 fully saturated rings.